The second-order valence-electron chi connectivity index (χ2n) is 7.36. The summed E-state index contributed by atoms with van der Waals surface area (Å²) in [7, 11) is -4.12. The Morgan fingerprint density at radius 1 is 1.00 bits per heavy atom. The summed E-state index contributed by atoms with van der Waals surface area (Å²) in [6.07, 6.45) is 0. The molecule has 176 valence electrons. The van der Waals surface area contributed by atoms with Gasteiger partial charge in [0, 0.05) is 11.3 Å². The zero-order valence-electron chi connectivity index (χ0n) is 17.9. The maximum atomic E-state index is 13.9. The van der Waals surface area contributed by atoms with E-state index >= 15 is 0 Å². The summed E-state index contributed by atoms with van der Waals surface area (Å²) in [5.41, 5.74) is 0.697. The van der Waals surface area contributed by atoms with Gasteiger partial charge in [0.2, 0.25) is 12.7 Å². The molecule has 0 spiro atoms. The van der Waals surface area contributed by atoms with E-state index in [0.717, 1.165) is 6.07 Å². The summed E-state index contributed by atoms with van der Waals surface area (Å²) < 4.78 is 52.1. The van der Waals surface area contributed by atoms with E-state index in [1.807, 2.05) is 0 Å². The average Bonchev–Trinajstić information content (AvgIpc) is 3.28. The summed E-state index contributed by atoms with van der Waals surface area (Å²) in [6.45, 7) is 1.30. The molecule has 1 aliphatic heterocycles. The number of carbonyl (C=O) groups excluding carboxylic acids is 2. The van der Waals surface area contributed by atoms with Crippen LogP contribution in [-0.4, -0.2) is 33.6 Å². The summed E-state index contributed by atoms with van der Waals surface area (Å²) >= 11 is 0. The van der Waals surface area contributed by atoms with Crippen LogP contribution in [0.25, 0.3) is 0 Å². The number of anilines is 2. The minimum Gasteiger partial charge on any atom is -0.454 e. The van der Waals surface area contributed by atoms with E-state index in [4.69, 9.17) is 9.47 Å². The number of rotatable bonds is 7. The second kappa shape index (κ2) is 9.40. The summed E-state index contributed by atoms with van der Waals surface area (Å²) in [6, 6.07) is 14.3. The lowest BCUT2D eigenvalue weighted by Crippen LogP contribution is -2.32. The molecule has 0 bridgehead atoms. The standard InChI is InChI=1S/C23H20FN3O6S/c1-14-6-8-16(11-21(14)34(30,31)27-18-5-3-2-4-17(18)24)26-22(28)12-25-23(29)15-7-9-19-20(10-15)33-13-32-19/h2-11,27H,12-13H2,1H3,(H,25,29)(H,26,28). The Morgan fingerprint density at radius 2 is 1.76 bits per heavy atom. The molecular weight excluding hydrogens is 465 g/mol. The van der Waals surface area contributed by atoms with Crippen LogP contribution < -0.4 is 24.8 Å². The molecular formula is C23H20FN3O6S. The van der Waals surface area contributed by atoms with Crippen molar-refractivity contribution in [1.82, 2.24) is 5.32 Å². The molecule has 4 rings (SSSR count). The number of para-hydroxylation sites is 1. The Balaban J connectivity index is 1.41. The Bertz CT molecular complexity index is 1380. The van der Waals surface area contributed by atoms with Gasteiger partial charge in [-0.3, -0.25) is 14.3 Å². The quantitative estimate of drug-likeness (QED) is 0.473. The van der Waals surface area contributed by atoms with Crippen LogP contribution in [0.3, 0.4) is 0 Å². The van der Waals surface area contributed by atoms with Gasteiger partial charge in [-0.05, 0) is 55.0 Å². The Morgan fingerprint density at radius 3 is 2.56 bits per heavy atom. The lowest BCUT2D eigenvalue weighted by Gasteiger charge is -2.13. The molecule has 0 radical (unpaired) electrons. The molecule has 0 saturated carbocycles. The number of carbonyl (C=O) groups is 2. The first-order valence-electron chi connectivity index (χ1n) is 10.1. The van der Waals surface area contributed by atoms with Crippen LogP contribution in [0.2, 0.25) is 0 Å². The maximum absolute atomic E-state index is 13.9. The second-order valence-corrected chi connectivity index (χ2v) is 9.02. The molecule has 11 heteroatoms. The average molecular weight is 485 g/mol. The lowest BCUT2D eigenvalue weighted by molar-refractivity contribution is -0.115. The van der Waals surface area contributed by atoms with Gasteiger partial charge in [0.1, 0.15) is 5.82 Å². The number of halogens is 1. The van der Waals surface area contributed by atoms with E-state index in [0.29, 0.717) is 22.6 Å². The topological polar surface area (TPSA) is 123 Å². The Kier molecular flexibility index (Phi) is 6.37. The molecule has 0 atom stereocenters. The number of sulfonamides is 1. The third-order valence-electron chi connectivity index (χ3n) is 4.92. The molecule has 3 N–H and O–H groups in total. The number of benzene rings is 3. The van der Waals surface area contributed by atoms with Gasteiger partial charge in [-0.1, -0.05) is 18.2 Å². The summed E-state index contributed by atoms with van der Waals surface area (Å²) in [5, 5.41) is 5.03. The van der Waals surface area contributed by atoms with Gasteiger partial charge in [-0.25, -0.2) is 12.8 Å². The molecule has 0 fully saturated rings. The van der Waals surface area contributed by atoms with Crippen molar-refractivity contribution in [3.63, 3.8) is 0 Å². The molecule has 0 saturated heterocycles. The van der Waals surface area contributed by atoms with Crippen LogP contribution in [0.4, 0.5) is 15.8 Å². The van der Waals surface area contributed by atoms with Crippen LogP contribution in [0.1, 0.15) is 15.9 Å². The van der Waals surface area contributed by atoms with Crippen LogP contribution in [0.5, 0.6) is 11.5 Å². The molecule has 0 aliphatic carbocycles. The first kappa shape index (κ1) is 23.1. The van der Waals surface area contributed by atoms with E-state index in [1.165, 1.54) is 42.5 Å². The highest BCUT2D eigenvalue weighted by Crippen LogP contribution is 2.32. The zero-order chi connectivity index (χ0) is 24.3. The lowest BCUT2D eigenvalue weighted by atomic mass is 10.2. The normalized spacial score (nSPS) is 12.2. The molecule has 3 aromatic carbocycles. The molecule has 0 unspecified atom stereocenters. The third-order valence-corrected chi connectivity index (χ3v) is 6.43. The third kappa shape index (κ3) is 5.09. The number of hydrogen-bond acceptors (Lipinski definition) is 6. The fourth-order valence-corrected chi connectivity index (χ4v) is 4.56. The van der Waals surface area contributed by atoms with E-state index < -0.39 is 27.7 Å². The van der Waals surface area contributed by atoms with Crippen molar-refractivity contribution in [2.45, 2.75) is 11.8 Å². The fraction of sp³-hybridized carbons (Fsp3) is 0.130. The summed E-state index contributed by atoms with van der Waals surface area (Å²) in [4.78, 5) is 24.5. The highest BCUT2D eigenvalue weighted by molar-refractivity contribution is 7.92. The number of amides is 2. The predicted molar refractivity (Wildman–Crippen MR) is 122 cm³/mol. The molecule has 34 heavy (non-hydrogen) atoms. The minimum absolute atomic E-state index is 0.0763. The largest absolute Gasteiger partial charge is 0.454 e. The number of fused-ring (bicyclic) bond motifs is 1. The van der Waals surface area contributed by atoms with E-state index in [-0.39, 0.29) is 29.6 Å². The van der Waals surface area contributed by atoms with Crippen molar-refractivity contribution >= 4 is 33.2 Å². The van der Waals surface area contributed by atoms with Crippen molar-refractivity contribution in [2.75, 3.05) is 23.4 Å². The zero-order valence-corrected chi connectivity index (χ0v) is 18.7. The monoisotopic (exact) mass is 485 g/mol. The van der Waals surface area contributed by atoms with Crippen molar-refractivity contribution < 1.29 is 31.9 Å². The minimum atomic E-state index is -4.12. The van der Waals surface area contributed by atoms with E-state index in [2.05, 4.69) is 15.4 Å². The molecule has 9 nitrogen and oxygen atoms in total. The molecule has 1 heterocycles. The highest BCUT2D eigenvalue weighted by atomic mass is 32.2. The van der Waals surface area contributed by atoms with Gasteiger partial charge in [-0.15, -0.1) is 0 Å². The Hall–Kier alpha value is -4.12. The van der Waals surface area contributed by atoms with Gasteiger partial charge < -0.3 is 20.1 Å². The van der Waals surface area contributed by atoms with Gasteiger partial charge >= 0.3 is 0 Å². The van der Waals surface area contributed by atoms with Crippen molar-refractivity contribution in [3.8, 4) is 11.5 Å². The molecule has 2 amide bonds. The summed E-state index contributed by atoms with van der Waals surface area (Å²) in [5.74, 6) is -0.803. The van der Waals surface area contributed by atoms with E-state index in [1.54, 1.807) is 19.1 Å². The first-order valence-corrected chi connectivity index (χ1v) is 11.6. The van der Waals surface area contributed by atoms with Crippen LogP contribution in [0.15, 0.2) is 65.6 Å². The molecule has 3 aromatic rings. The SMILES string of the molecule is Cc1ccc(NC(=O)CNC(=O)c2ccc3c(c2)OCO3)cc1S(=O)(=O)Nc1ccccc1F. The highest BCUT2D eigenvalue weighted by Gasteiger charge is 2.20. The van der Waals surface area contributed by atoms with E-state index in [9.17, 15) is 22.4 Å². The number of nitrogens with one attached hydrogen (secondary N) is 3. The first-order chi connectivity index (χ1) is 16.2. The molecule has 0 aromatic heterocycles. The van der Waals surface area contributed by atoms with Gasteiger partial charge in [-0.2, -0.15) is 0 Å². The van der Waals surface area contributed by atoms with Crippen molar-refractivity contribution in [2.24, 2.45) is 0 Å². The smallest absolute Gasteiger partial charge is 0.262 e. The van der Waals surface area contributed by atoms with Crippen molar-refractivity contribution in [3.05, 3.63) is 77.6 Å². The molecule has 1 aliphatic rings. The number of hydrogen-bond donors (Lipinski definition) is 3. The maximum Gasteiger partial charge on any atom is 0.262 e. The van der Waals surface area contributed by atoms with Crippen LogP contribution in [0, 0.1) is 12.7 Å². The van der Waals surface area contributed by atoms with Crippen LogP contribution >= 0.6 is 0 Å². The van der Waals surface area contributed by atoms with Crippen LogP contribution in [-0.2, 0) is 14.8 Å². The fourth-order valence-electron chi connectivity index (χ4n) is 3.22. The van der Waals surface area contributed by atoms with Crippen molar-refractivity contribution in [1.29, 1.82) is 0 Å². The predicted octanol–water partition coefficient (Wildman–Crippen LogP) is 3.03. The van der Waals surface area contributed by atoms with Gasteiger partial charge in [0.05, 0.1) is 17.1 Å². The number of ether oxygens (including phenoxy) is 2. The van der Waals surface area contributed by atoms with Gasteiger partial charge in [0.25, 0.3) is 15.9 Å². The Labute approximate surface area is 194 Å². The van der Waals surface area contributed by atoms with Gasteiger partial charge in [0.15, 0.2) is 11.5 Å². The number of aryl methyl sites for hydroxylation is 1.